The molecule has 4 heterocycles. The number of imidazole rings is 1. The highest BCUT2D eigenvalue weighted by molar-refractivity contribution is 7.99. The van der Waals surface area contributed by atoms with Gasteiger partial charge in [-0.05, 0) is 35.4 Å². The molecular weight excluding hydrogens is 469 g/mol. The van der Waals surface area contributed by atoms with Gasteiger partial charge in [0.2, 0.25) is 0 Å². The highest BCUT2D eigenvalue weighted by Gasteiger charge is 2.53. The second kappa shape index (κ2) is 8.62. The number of anilines is 1. The van der Waals surface area contributed by atoms with E-state index in [9.17, 15) is 9.46 Å². The standard InChI is InChI=1S/C20H24N5O6PS/c1-10(2)11-4-6-12(7-5-11)33-20-23-17(21)14-18(24-20)25(9-22-14)19-16(28-3)15-13(30-19)8-29-32(26,27)31-15/h4-7,9-10,13,15-16,19H,8H2,1-3H3,(H,26,27)(H2,21,23,24). The van der Waals surface area contributed by atoms with E-state index in [4.69, 9.17) is 24.3 Å². The normalized spacial score (nSPS) is 29.6. The quantitative estimate of drug-likeness (QED) is 0.399. The van der Waals surface area contributed by atoms with Crippen molar-refractivity contribution in [2.45, 2.75) is 54.4 Å². The summed E-state index contributed by atoms with van der Waals surface area (Å²) >= 11 is 1.39. The molecule has 3 N–H and O–H groups in total. The van der Waals surface area contributed by atoms with Crippen LogP contribution >= 0.6 is 19.6 Å². The Bertz CT molecular complexity index is 1220. The second-order valence-corrected chi connectivity index (χ2v) is 10.6. The number of rotatable bonds is 5. The van der Waals surface area contributed by atoms with Crippen molar-refractivity contribution in [3.8, 4) is 0 Å². The van der Waals surface area contributed by atoms with Gasteiger partial charge in [-0.3, -0.25) is 13.6 Å². The first-order valence-corrected chi connectivity index (χ1v) is 12.7. The van der Waals surface area contributed by atoms with Crippen LogP contribution in [-0.2, 0) is 23.1 Å². The van der Waals surface area contributed by atoms with Gasteiger partial charge in [-0.1, -0.05) is 26.0 Å². The molecule has 0 radical (unpaired) electrons. The smallest absolute Gasteiger partial charge is 0.382 e. The van der Waals surface area contributed by atoms with Gasteiger partial charge in [0.15, 0.2) is 22.8 Å². The Labute approximate surface area is 194 Å². The molecule has 0 aliphatic carbocycles. The van der Waals surface area contributed by atoms with Gasteiger partial charge in [-0.25, -0.2) is 19.5 Å². The molecule has 2 aromatic heterocycles. The zero-order valence-corrected chi connectivity index (χ0v) is 19.9. The molecule has 3 aromatic rings. The monoisotopic (exact) mass is 493 g/mol. The van der Waals surface area contributed by atoms with Crippen LogP contribution in [-0.4, -0.2) is 56.4 Å². The third-order valence-electron chi connectivity index (χ3n) is 5.67. The number of methoxy groups -OCH3 is 1. The highest BCUT2D eigenvalue weighted by Crippen LogP contribution is 2.53. The molecule has 0 saturated carbocycles. The van der Waals surface area contributed by atoms with Crippen LogP contribution in [0.4, 0.5) is 5.82 Å². The molecule has 11 nitrogen and oxygen atoms in total. The Balaban J connectivity index is 1.47. The number of hydrogen-bond donors (Lipinski definition) is 2. The van der Waals surface area contributed by atoms with Crippen molar-refractivity contribution >= 4 is 36.6 Å². The van der Waals surface area contributed by atoms with Gasteiger partial charge in [0.05, 0.1) is 12.9 Å². The third-order valence-corrected chi connectivity index (χ3v) is 7.53. The number of aromatic nitrogens is 4. The Morgan fingerprint density at radius 1 is 1.30 bits per heavy atom. The van der Waals surface area contributed by atoms with Crippen LogP contribution in [0.25, 0.3) is 11.2 Å². The van der Waals surface area contributed by atoms with Crippen LogP contribution in [0, 0.1) is 0 Å². The van der Waals surface area contributed by atoms with Gasteiger partial charge in [-0.2, -0.15) is 0 Å². The van der Waals surface area contributed by atoms with Crippen molar-refractivity contribution in [1.82, 2.24) is 19.5 Å². The predicted octanol–water partition coefficient (Wildman–Crippen LogP) is 3.11. The molecule has 5 rings (SSSR count). The molecule has 0 spiro atoms. The first kappa shape index (κ1) is 22.7. The molecule has 0 amide bonds. The van der Waals surface area contributed by atoms with E-state index in [1.807, 2.05) is 12.1 Å². The molecule has 5 unspecified atom stereocenters. The van der Waals surface area contributed by atoms with Crippen molar-refractivity contribution in [2.75, 3.05) is 19.5 Å². The fourth-order valence-electron chi connectivity index (χ4n) is 3.97. The summed E-state index contributed by atoms with van der Waals surface area (Å²) in [5, 5.41) is 0.461. The Morgan fingerprint density at radius 2 is 2.06 bits per heavy atom. The van der Waals surface area contributed by atoms with Crippen molar-refractivity contribution in [3.05, 3.63) is 36.2 Å². The molecule has 2 aliphatic heterocycles. The molecule has 2 aliphatic rings. The zero-order chi connectivity index (χ0) is 23.3. The zero-order valence-electron chi connectivity index (χ0n) is 18.2. The number of hydrogen-bond acceptors (Lipinski definition) is 10. The lowest BCUT2D eigenvalue weighted by molar-refractivity contribution is -0.0667. The highest BCUT2D eigenvalue weighted by atomic mass is 32.2. The van der Waals surface area contributed by atoms with E-state index in [0.29, 0.717) is 22.2 Å². The first-order valence-electron chi connectivity index (χ1n) is 10.4. The lowest BCUT2D eigenvalue weighted by Crippen LogP contribution is -2.40. The maximum Gasteiger partial charge on any atom is 0.472 e. The number of nitrogens with zero attached hydrogens (tertiary/aromatic N) is 4. The van der Waals surface area contributed by atoms with E-state index < -0.39 is 32.4 Å². The SMILES string of the molecule is COC1C2OP(=O)(O)OCC2OC1n1cnc2c(N)nc(Sc3ccc(C(C)C)cc3)nc21. The van der Waals surface area contributed by atoms with Crippen LogP contribution in [0.1, 0.15) is 31.6 Å². The fraction of sp³-hybridized carbons (Fsp3) is 0.450. The molecule has 2 fully saturated rings. The summed E-state index contributed by atoms with van der Waals surface area (Å²) in [5.41, 5.74) is 8.31. The van der Waals surface area contributed by atoms with Gasteiger partial charge in [0, 0.05) is 12.0 Å². The fourth-order valence-corrected chi connectivity index (χ4v) is 5.69. The predicted molar refractivity (Wildman–Crippen MR) is 120 cm³/mol. The number of ether oxygens (including phenoxy) is 2. The molecule has 176 valence electrons. The molecule has 1 aromatic carbocycles. The number of fused-ring (bicyclic) bond motifs is 2. The van der Waals surface area contributed by atoms with Gasteiger partial charge >= 0.3 is 7.82 Å². The molecule has 5 atom stereocenters. The summed E-state index contributed by atoms with van der Waals surface area (Å²) in [6, 6.07) is 8.21. The van der Waals surface area contributed by atoms with Crippen molar-refractivity contribution < 1.29 is 28.0 Å². The number of phosphoric acid groups is 1. The average Bonchev–Trinajstić information content (AvgIpc) is 3.34. The van der Waals surface area contributed by atoms with Crippen LogP contribution in [0.2, 0.25) is 0 Å². The molecule has 13 heteroatoms. The topological polar surface area (TPSA) is 144 Å². The van der Waals surface area contributed by atoms with E-state index in [1.54, 1.807) is 4.57 Å². The van der Waals surface area contributed by atoms with E-state index in [2.05, 4.69) is 40.9 Å². The summed E-state index contributed by atoms with van der Waals surface area (Å²) in [5.74, 6) is 0.684. The molecule has 0 bridgehead atoms. The van der Waals surface area contributed by atoms with Crippen molar-refractivity contribution in [2.24, 2.45) is 0 Å². The number of benzene rings is 1. The van der Waals surface area contributed by atoms with E-state index in [-0.39, 0.29) is 12.4 Å². The van der Waals surface area contributed by atoms with Crippen molar-refractivity contribution in [1.29, 1.82) is 0 Å². The summed E-state index contributed by atoms with van der Waals surface area (Å²) in [4.78, 5) is 24.1. The third kappa shape index (κ3) is 4.28. The van der Waals surface area contributed by atoms with Crippen LogP contribution in [0.5, 0.6) is 0 Å². The van der Waals surface area contributed by atoms with Gasteiger partial charge in [-0.15, -0.1) is 0 Å². The summed E-state index contributed by atoms with van der Waals surface area (Å²) in [6.07, 6.45) is -1.23. The van der Waals surface area contributed by atoms with Crippen LogP contribution in [0.3, 0.4) is 0 Å². The number of nitrogen functional groups attached to an aromatic ring is 1. The van der Waals surface area contributed by atoms with Crippen LogP contribution in [0.15, 0.2) is 40.6 Å². The first-order chi connectivity index (χ1) is 15.8. The van der Waals surface area contributed by atoms with Crippen LogP contribution < -0.4 is 5.73 Å². The number of phosphoric ester groups is 1. The largest absolute Gasteiger partial charge is 0.472 e. The van der Waals surface area contributed by atoms with E-state index in [0.717, 1.165) is 4.90 Å². The minimum atomic E-state index is -4.16. The minimum Gasteiger partial charge on any atom is -0.382 e. The summed E-state index contributed by atoms with van der Waals surface area (Å²) in [6.45, 7) is 4.20. The van der Waals surface area contributed by atoms with Gasteiger partial charge in [0.25, 0.3) is 0 Å². The Morgan fingerprint density at radius 3 is 2.76 bits per heavy atom. The maximum atomic E-state index is 11.9. The van der Waals surface area contributed by atoms with Crippen molar-refractivity contribution in [3.63, 3.8) is 0 Å². The lowest BCUT2D eigenvalue weighted by Gasteiger charge is -2.29. The molecule has 2 saturated heterocycles. The number of nitrogens with two attached hydrogens (primary N) is 1. The average molecular weight is 493 g/mol. The van der Waals surface area contributed by atoms with Gasteiger partial charge < -0.3 is 20.1 Å². The molecule has 33 heavy (non-hydrogen) atoms. The Kier molecular flexibility index (Phi) is 5.94. The second-order valence-electron chi connectivity index (χ2n) is 8.14. The summed E-state index contributed by atoms with van der Waals surface area (Å²) in [7, 11) is -2.68. The van der Waals surface area contributed by atoms with Gasteiger partial charge in [0.1, 0.15) is 23.8 Å². The summed E-state index contributed by atoms with van der Waals surface area (Å²) < 4.78 is 35.3. The minimum absolute atomic E-state index is 0.0912. The maximum absolute atomic E-state index is 11.9. The molecular formula is C20H24N5O6PS. The van der Waals surface area contributed by atoms with E-state index >= 15 is 0 Å². The Hall–Kier alpha value is -2.05. The lowest BCUT2D eigenvalue weighted by atomic mass is 10.0. The van der Waals surface area contributed by atoms with E-state index in [1.165, 1.54) is 30.8 Å².